The van der Waals surface area contributed by atoms with Gasteiger partial charge in [0.25, 0.3) is 0 Å². The van der Waals surface area contributed by atoms with Crippen LogP contribution in [-0.2, 0) is 12.8 Å². The van der Waals surface area contributed by atoms with Crippen molar-refractivity contribution in [1.29, 1.82) is 0 Å². The Hall–Kier alpha value is -3.10. The summed E-state index contributed by atoms with van der Waals surface area (Å²) < 4.78 is 27.2. The summed E-state index contributed by atoms with van der Waals surface area (Å²) in [4.78, 5) is 13.1. The van der Waals surface area contributed by atoms with Crippen LogP contribution in [0, 0.1) is 11.6 Å². The van der Waals surface area contributed by atoms with Crippen LogP contribution < -0.4 is 10.6 Å². The molecule has 3 N–H and O–H groups in total. The third-order valence-electron chi connectivity index (χ3n) is 4.16. The van der Waals surface area contributed by atoms with Crippen molar-refractivity contribution in [2.75, 3.05) is 10.6 Å². The summed E-state index contributed by atoms with van der Waals surface area (Å²) >= 11 is 0. The second-order valence-electron chi connectivity index (χ2n) is 6.44. The molecule has 0 aliphatic carbocycles. The summed E-state index contributed by atoms with van der Waals surface area (Å²) in [5.41, 5.74) is 1.35. The number of H-pyrrole nitrogens is 1. The normalized spacial score (nSPS) is 12.0. The molecule has 0 spiro atoms. The molecule has 0 bridgehead atoms. The molecule has 9 heteroatoms. The second-order valence-corrected chi connectivity index (χ2v) is 6.44. The van der Waals surface area contributed by atoms with Crippen molar-refractivity contribution in [1.82, 2.24) is 25.1 Å². The highest BCUT2D eigenvalue weighted by atomic mass is 19.1. The minimum atomic E-state index is -0.622. The van der Waals surface area contributed by atoms with Gasteiger partial charge in [-0.15, -0.1) is 0 Å². The molecule has 0 aliphatic heterocycles. The van der Waals surface area contributed by atoms with Crippen molar-refractivity contribution in [2.24, 2.45) is 0 Å². The van der Waals surface area contributed by atoms with E-state index in [1.54, 1.807) is 6.92 Å². The topological polar surface area (TPSA) is 91.4 Å². The fraction of sp³-hybridized carbons (Fsp3) is 0.368. The maximum atomic E-state index is 14.0. The molecule has 1 unspecified atom stereocenters. The predicted octanol–water partition coefficient (Wildman–Crippen LogP) is 4.30. The minimum absolute atomic E-state index is 0.301. The first kappa shape index (κ1) is 19.7. The Morgan fingerprint density at radius 3 is 2.57 bits per heavy atom. The Morgan fingerprint density at radius 1 is 1.07 bits per heavy atom. The van der Waals surface area contributed by atoms with E-state index in [-0.39, 0.29) is 0 Å². The molecule has 3 rings (SSSR count). The van der Waals surface area contributed by atoms with Crippen molar-refractivity contribution in [3.05, 3.63) is 53.0 Å². The highest BCUT2D eigenvalue weighted by Gasteiger charge is 2.15. The molecule has 3 aromatic rings. The molecule has 0 radical (unpaired) electrons. The SMILES string of the molecule is CCCc1cc(Nc2nc(CC)nc(NC(C)c3ccc(F)cc3F)n2)n[nH]1. The Morgan fingerprint density at radius 2 is 1.86 bits per heavy atom. The van der Waals surface area contributed by atoms with Crippen molar-refractivity contribution < 1.29 is 8.78 Å². The second kappa shape index (κ2) is 8.73. The van der Waals surface area contributed by atoms with Crippen LogP contribution in [0.3, 0.4) is 0 Å². The molecular weight excluding hydrogens is 364 g/mol. The van der Waals surface area contributed by atoms with Gasteiger partial charge < -0.3 is 10.6 Å². The molecule has 1 atom stereocenters. The summed E-state index contributed by atoms with van der Waals surface area (Å²) in [6.45, 7) is 5.78. The maximum Gasteiger partial charge on any atom is 0.233 e. The van der Waals surface area contributed by atoms with Gasteiger partial charge in [0.05, 0.1) is 6.04 Å². The van der Waals surface area contributed by atoms with Gasteiger partial charge in [0.15, 0.2) is 5.82 Å². The maximum absolute atomic E-state index is 14.0. The number of aromatic nitrogens is 5. The van der Waals surface area contributed by atoms with Crippen molar-refractivity contribution in [3.8, 4) is 0 Å². The largest absolute Gasteiger partial charge is 0.347 e. The number of nitrogens with zero attached hydrogens (tertiary/aromatic N) is 4. The van der Waals surface area contributed by atoms with E-state index >= 15 is 0 Å². The Labute approximate surface area is 162 Å². The number of hydrogen-bond acceptors (Lipinski definition) is 6. The van der Waals surface area contributed by atoms with Gasteiger partial charge in [0.2, 0.25) is 11.9 Å². The van der Waals surface area contributed by atoms with Crippen LogP contribution in [0.5, 0.6) is 0 Å². The van der Waals surface area contributed by atoms with E-state index in [2.05, 4.69) is 42.7 Å². The molecule has 2 heterocycles. The first-order valence-electron chi connectivity index (χ1n) is 9.26. The number of rotatable bonds is 8. The minimum Gasteiger partial charge on any atom is -0.347 e. The predicted molar refractivity (Wildman–Crippen MR) is 103 cm³/mol. The van der Waals surface area contributed by atoms with E-state index in [0.29, 0.717) is 35.5 Å². The standard InChI is InChI=1S/C19H23F2N7/c1-4-6-13-10-17(28-27-13)25-19-24-16(5-2)23-18(26-19)22-11(3)14-8-7-12(20)9-15(14)21/h7-11H,4-6H2,1-3H3,(H3,22,23,24,25,26,27,28). The highest BCUT2D eigenvalue weighted by Crippen LogP contribution is 2.22. The molecule has 0 saturated heterocycles. The van der Waals surface area contributed by atoms with Crippen molar-refractivity contribution in [3.63, 3.8) is 0 Å². The van der Waals surface area contributed by atoms with Gasteiger partial charge in [0.1, 0.15) is 17.5 Å². The third kappa shape index (κ3) is 4.79. The van der Waals surface area contributed by atoms with Crippen molar-refractivity contribution in [2.45, 2.75) is 46.1 Å². The molecule has 148 valence electrons. The summed E-state index contributed by atoms with van der Waals surface area (Å²) in [5.74, 6) is 0.597. The van der Waals surface area contributed by atoms with Crippen LogP contribution in [0.2, 0.25) is 0 Å². The van der Waals surface area contributed by atoms with E-state index < -0.39 is 17.7 Å². The zero-order valence-electron chi connectivity index (χ0n) is 16.1. The lowest BCUT2D eigenvalue weighted by molar-refractivity contribution is 0.566. The summed E-state index contributed by atoms with van der Waals surface area (Å²) in [6, 6.07) is 4.93. The quantitative estimate of drug-likeness (QED) is 0.534. The Bertz CT molecular complexity index is 942. The average Bonchev–Trinajstić information content (AvgIpc) is 3.08. The van der Waals surface area contributed by atoms with Crippen LogP contribution >= 0.6 is 0 Å². The molecule has 28 heavy (non-hydrogen) atoms. The van der Waals surface area contributed by atoms with Crippen LogP contribution in [0.1, 0.15) is 50.3 Å². The van der Waals surface area contributed by atoms with Gasteiger partial charge >= 0.3 is 0 Å². The number of nitrogens with one attached hydrogen (secondary N) is 3. The van der Waals surface area contributed by atoms with Crippen LogP contribution in [0.4, 0.5) is 26.5 Å². The van der Waals surface area contributed by atoms with Gasteiger partial charge in [-0.25, -0.2) is 8.78 Å². The molecule has 7 nitrogen and oxygen atoms in total. The fourth-order valence-corrected chi connectivity index (χ4v) is 2.76. The van der Waals surface area contributed by atoms with Gasteiger partial charge in [-0.05, 0) is 19.4 Å². The van der Waals surface area contributed by atoms with Crippen LogP contribution in [0.15, 0.2) is 24.3 Å². The first-order valence-corrected chi connectivity index (χ1v) is 9.26. The van der Waals surface area contributed by atoms with Gasteiger partial charge in [0, 0.05) is 29.8 Å². The molecular formula is C19H23F2N7. The van der Waals surface area contributed by atoms with Crippen LogP contribution in [-0.4, -0.2) is 25.1 Å². The number of aromatic amines is 1. The molecule has 0 amide bonds. The van der Waals surface area contributed by atoms with Crippen molar-refractivity contribution >= 4 is 17.7 Å². The number of aryl methyl sites for hydroxylation is 2. The molecule has 0 fully saturated rings. The zero-order chi connectivity index (χ0) is 20.1. The number of anilines is 3. The van der Waals surface area contributed by atoms with E-state index in [1.165, 1.54) is 12.1 Å². The van der Waals surface area contributed by atoms with Gasteiger partial charge in [-0.3, -0.25) is 5.10 Å². The monoisotopic (exact) mass is 387 g/mol. The lowest BCUT2D eigenvalue weighted by Gasteiger charge is -2.16. The van der Waals surface area contributed by atoms with E-state index in [0.717, 1.165) is 24.6 Å². The smallest absolute Gasteiger partial charge is 0.233 e. The van der Waals surface area contributed by atoms with Crippen LogP contribution in [0.25, 0.3) is 0 Å². The number of benzene rings is 1. The molecule has 1 aromatic carbocycles. The fourth-order valence-electron chi connectivity index (χ4n) is 2.76. The molecule has 0 aliphatic rings. The van der Waals surface area contributed by atoms with Gasteiger partial charge in [-0.1, -0.05) is 26.3 Å². The highest BCUT2D eigenvalue weighted by molar-refractivity contribution is 5.49. The first-order chi connectivity index (χ1) is 13.5. The zero-order valence-corrected chi connectivity index (χ0v) is 16.1. The summed E-state index contributed by atoms with van der Waals surface area (Å²) in [6.07, 6.45) is 2.52. The Balaban J connectivity index is 1.79. The van der Waals surface area contributed by atoms with E-state index in [1.807, 2.05) is 13.0 Å². The molecule has 0 saturated carbocycles. The van der Waals surface area contributed by atoms with Gasteiger partial charge in [-0.2, -0.15) is 20.1 Å². The number of hydrogen-bond donors (Lipinski definition) is 3. The lowest BCUT2D eigenvalue weighted by atomic mass is 10.1. The van der Waals surface area contributed by atoms with E-state index in [9.17, 15) is 8.78 Å². The number of halogens is 2. The average molecular weight is 387 g/mol. The summed E-state index contributed by atoms with van der Waals surface area (Å²) in [7, 11) is 0. The van der Waals surface area contributed by atoms with E-state index in [4.69, 9.17) is 0 Å². The Kier molecular flexibility index (Phi) is 6.13. The summed E-state index contributed by atoms with van der Waals surface area (Å²) in [5, 5.41) is 13.3. The third-order valence-corrected chi connectivity index (χ3v) is 4.16. The molecule has 2 aromatic heterocycles. The lowest BCUT2D eigenvalue weighted by Crippen LogP contribution is -2.14.